The van der Waals surface area contributed by atoms with Gasteiger partial charge in [-0.3, -0.25) is 0 Å². The average Bonchev–Trinajstić information content (AvgIpc) is 2.82. The second-order valence-corrected chi connectivity index (χ2v) is 9.49. The van der Waals surface area contributed by atoms with Gasteiger partial charge >= 0.3 is 0 Å². The van der Waals surface area contributed by atoms with Gasteiger partial charge in [0.15, 0.2) is 0 Å². The summed E-state index contributed by atoms with van der Waals surface area (Å²) in [6.45, 7) is 5.48. The lowest BCUT2D eigenvalue weighted by Gasteiger charge is -2.39. The van der Waals surface area contributed by atoms with Crippen LogP contribution in [0.2, 0.25) is 5.02 Å². The minimum Gasteiger partial charge on any atom is -0.303 e. The van der Waals surface area contributed by atoms with Crippen LogP contribution in [0.3, 0.4) is 0 Å². The second-order valence-electron chi connectivity index (χ2n) is 9.08. The Morgan fingerprint density at radius 2 is 1.68 bits per heavy atom. The molecule has 0 spiro atoms. The zero-order chi connectivity index (χ0) is 21.9. The van der Waals surface area contributed by atoms with E-state index in [1.54, 1.807) is 0 Å². The summed E-state index contributed by atoms with van der Waals surface area (Å²) in [6.07, 6.45) is 10.2. The van der Waals surface area contributed by atoms with Gasteiger partial charge in [-0.1, -0.05) is 86.3 Å². The normalized spacial score (nSPS) is 16.7. The molecule has 0 aliphatic heterocycles. The van der Waals surface area contributed by atoms with Crippen LogP contribution in [-0.4, -0.2) is 24.5 Å². The molecule has 2 nitrogen and oxygen atoms in total. The van der Waals surface area contributed by atoms with E-state index in [2.05, 4.69) is 54.3 Å². The average molecular weight is 437 g/mol. The number of hydrogen-bond acceptors (Lipinski definition) is 2. The maximum absolute atomic E-state index is 10.5. The fourth-order valence-electron chi connectivity index (χ4n) is 5.35. The molecule has 2 aromatic rings. The highest BCUT2D eigenvalue weighted by molar-refractivity contribution is 6.31. The van der Waals surface area contributed by atoms with Gasteiger partial charge in [-0.25, -0.2) is 0 Å². The summed E-state index contributed by atoms with van der Waals surface area (Å²) in [4.78, 5) is 2.57. The van der Waals surface area contributed by atoms with Crippen LogP contribution in [0.15, 0.2) is 54.6 Å². The van der Waals surface area contributed by atoms with Gasteiger partial charge in [0.05, 0.1) is 11.5 Å². The van der Waals surface area contributed by atoms with Crippen molar-refractivity contribution in [3.8, 4) is 6.07 Å². The first-order valence-electron chi connectivity index (χ1n) is 12.1. The maximum atomic E-state index is 10.5. The maximum Gasteiger partial charge on any atom is 0.0865 e. The molecule has 0 amide bonds. The van der Waals surface area contributed by atoms with Crippen LogP contribution in [0, 0.1) is 17.2 Å². The van der Waals surface area contributed by atoms with Gasteiger partial charge in [0, 0.05) is 11.6 Å². The van der Waals surface area contributed by atoms with Crippen molar-refractivity contribution in [2.75, 3.05) is 19.6 Å². The quantitative estimate of drug-likeness (QED) is 0.366. The third-order valence-electron chi connectivity index (χ3n) is 7.00. The molecule has 31 heavy (non-hydrogen) atoms. The van der Waals surface area contributed by atoms with Crippen LogP contribution in [0.25, 0.3) is 0 Å². The minimum absolute atomic E-state index is 0.412. The Bertz CT molecular complexity index is 822. The Morgan fingerprint density at radius 1 is 0.968 bits per heavy atom. The van der Waals surface area contributed by atoms with Gasteiger partial charge in [-0.05, 0) is 74.7 Å². The fraction of sp³-hybridized carbons (Fsp3) is 0.536. The molecule has 0 radical (unpaired) electrons. The fourth-order valence-corrected chi connectivity index (χ4v) is 5.65. The number of halogens is 1. The van der Waals surface area contributed by atoms with Gasteiger partial charge in [-0.2, -0.15) is 5.26 Å². The molecule has 166 valence electrons. The lowest BCUT2D eigenvalue weighted by atomic mass is 9.63. The largest absolute Gasteiger partial charge is 0.303 e. The minimum atomic E-state index is -0.462. The first-order chi connectivity index (χ1) is 15.2. The van der Waals surface area contributed by atoms with E-state index in [9.17, 15) is 5.26 Å². The third-order valence-corrected chi connectivity index (χ3v) is 7.33. The summed E-state index contributed by atoms with van der Waals surface area (Å²) < 4.78 is 0. The van der Waals surface area contributed by atoms with Crippen molar-refractivity contribution in [2.24, 2.45) is 5.92 Å². The zero-order valence-electron chi connectivity index (χ0n) is 19.0. The summed E-state index contributed by atoms with van der Waals surface area (Å²) in [5.41, 5.74) is 1.99. The molecule has 1 atom stereocenters. The summed E-state index contributed by atoms with van der Waals surface area (Å²) in [7, 11) is 0. The first kappa shape index (κ1) is 23.8. The molecule has 0 heterocycles. The predicted molar refractivity (Wildman–Crippen MR) is 131 cm³/mol. The summed E-state index contributed by atoms with van der Waals surface area (Å²) >= 11 is 6.65. The topological polar surface area (TPSA) is 27.0 Å². The Kier molecular flexibility index (Phi) is 9.44. The van der Waals surface area contributed by atoms with Gasteiger partial charge in [0.25, 0.3) is 0 Å². The van der Waals surface area contributed by atoms with Crippen molar-refractivity contribution in [1.82, 2.24) is 4.90 Å². The van der Waals surface area contributed by atoms with Crippen LogP contribution >= 0.6 is 11.6 Å². The van der Waals surface area contributed by atoms with E-state index in [1.165, 1.54) is 24.8 Å². The Morgan fingerprint density at radius 3 is 2.35 bits per heavy atom. The highest BCUT2D eigenvalue weighted by Gasteiger charge is 2.42. The number of nitrogens with zero attached hydrogens (tertiary/aromatic N) is 2. The third kappa shape index (κ3) is 6.34. The van der Waals surface area contributed by atoms with Crippen molar-refractivity contribution >= 4 is 11.6 Å². The van der Waals surface area contributed by atoms with E-state index in [0.717, 1.165) is 68.7 Å². The number of benzene rings is 2. The van der Waals surface area contributed by atoms with Crippen molar-refractivity contribution in [2.45, 2.75) is 70.1 Å². The molecular formula is C28H37ClN2. The van der Waals surface area contributed by atoms with E-state index in [-0.39, 0.29) is 0 Å². The van der Waals surface area contributed by atoms with E-state index >= 15 is 0 Å². The predicted octanol–water partition coefficient (Wildman–Crippen LogP) is 7.42. The molecule has 1 aliphatic rings. The van der Waals surface area contributed by atoms with Crippen LogP contribution < -0.4 is 0 Å². The smallest absolute Gasteiger partial charge is 0.0865 e. The number of rotatable bonds is 11. The Hall–Kier alpha value is -1.82. The molecule has 1 saturated carbocycles. The molecule has 0 N–H and O–H groups in total. The molecule has 2 aromatic carbocycles. The number of nitriles is 1. The van der Waals surface area contributed by atoms with Crippen LogP contribution in [0.5, 0.6) is 0 Å². The molecule has 0 aromatic heterocycles. The second kappa shape index (κ2) is 12.3. The SMILES string of the molecule is CCCN(CCCC(C#N)(c1ccccc1Cl)C1CCCCC1)CCc1ccccc1. The van der Waals surface area contributed by atoms with Gasteiger partial charge < -0.3 is 4.90 Å². The molecule has 1 unspecified atom stereocenters. The molecule has 1 fully saturated rings. The summed E-state index contributed by atoms with van der Waals surface area (Å²) in [5.74, 6) is 0.412. The van der Waals surface area contributed by atoms with E-state index in [4.69, 9.17) is 11.6 Å². The highest BCUT2D eigenvalue weighted by atomic mass is 35.5. The van der Waals surface area contributed by atoms with Crippen molar-refractivity contribution in [1.29, 1.82) is 5.26 Å². The van der Waals surface area contributed by atoms with Crippen molar-refractivity contribution < 1.29 is 0 Å². The van der Waals surface area contributed by atoms with Crippen molar-refractivity contribution in [3.63, 3.8) is 0 Å². The Balaban J connectivity index is 1.70. The van der Waals surface area contributed by atoms with E-state index in [0.29, 0.717) is 5.92 Å². The Labute approximate surface area is 194 Å². The zero-order valence-corrected chi connectivity index (χ0v) is 19.8. The highest BCUT2D eigenvalue weighted by Crippen LogP contribution is 2.46. The van der Waals surface area contributed by atoms with Crippen molar-refractivity contribution in [3.05, 3.63) is 70.7 Å². The molecule has 3 heteroatoms. The standard InChI is InChI=1S/C28H37ClN2/c1-2-20-31(22-18-24-12-5-3-6-13-24)21-11-19-28(23-30,25-14-7-4-8-15-25)26-16-9-10-17-27(26)29/h3,5-6,9-10,12-13,16-17,25H,2,4,7-8,11,14-15,18-22H2,1H3. The summed E-state index contributed by atoms with van der Waals surface area (Å²) in [6, 6.07) is 21.6. The molecule has 1 aliphatic carbocycles. The molecule has 3 rings (SSSR count). The van der Waals surface area contributed by atoms with Gasteiger partial charge in [0.1, 0.15) is 0 Å². The summed E-state index contributed by atoms with van der Waals surface area (Å²) in [5, 5.41) is 11.3. The van der Waals surface area contributed by atoms with Gasteiger partial charge in [0.2, 0.25) is 0 Å². The monoisotopic (exact) mass is 436 g/mol. The van der Waals surface area contributed by atoms with Gasteiger partial charge in [-0.15, -0.1) is 0 Å². The molecule has 0 saturated heterocycles. The van der Waals surface area contributed by atoms with Crippen LogP contribution in [0.4, 0.5) is 0 Å². The van der Waals surface area contributed by atoms with E-state index in [1.807, 2.05) is 18.2 Å². The lowest BCUT2D eigenvalue weighted by molar-refractivity contribution is 0.215. The van der Waals surface area contributed by atoms with E-state index < -0.39 is 5.41 Å². The van der Waals surface area contributed by atoms with Crippen LogP contribution in [-0.2, 0) is 11.8 Å². The lowest BCUT2D eigenvalue weighted by Crippen LogP contribution is -2.37. The number of hydrogen-bond donors (Lipinski definition) is 0. The first-order valence-corrected chi connectivity index (χ1v) is 12.5. The van der Waals surface area contributed by atoms with Crippen LogP contribution in [0.1, 0.15) is 69.4 Å². The molecule has 0 bridgehead atoms. The molecular weight excluding hydrogens is 400 g/mol.